The average Bonchev–Trinajstić information content (AvgIpc) is 2.51. The Morgan fingerprint density at radius 3 is 2.56 bits per heavy atom. The van der Waals surface area contributed by atoms with Crippen LogP contribution in [0.5, 0.6) is 0 Å². The minimum absolute atomic E-state index is 0.0110. The lowest BCUT2D eigenvalue weighted by atomic mass is 9.66. The van der Waals surface area contributed by atoms with Crippen LogP contribution >= 0.6 is 0 Å². The molecule has 1 aliphatic carbocycles. The number of amides is 2. The van der Waals surface area contributed by atoms with E-state index in [0.717, 1.165) is 6.42 Å². The number of carbonyl (C=O) groups excluding carboxylic acids is 2. The van der Waals surface area contributed by atoms with E-state index in [0.29, 0.717) is 25.8 Å². The number of hydrogen-bond acceptors (Lipinski definition) is 3. The zero-order valence-electron chi connectivity index (χ0n) is 10.4. The highest BCUT2D eigenvalue weighted by molar-refractivity contribution is 5.87. The van der Waals surface area contributed by atoms with Crippen LogP contribution in [0.4, 0.5) is 0 Å². The molecule has 1 saturated heterocycles. The fourth-order valence-corrected chi connectivity index (χ4v) is 2.62. The number of carboxylic acid groups (broad SMARTS) is 1. The van der Waals surface area contributed by atoms with Crippen LogP contribution < -0.4 is 5.32 Å². The fraction of sp³-hybridized carbons (Fsp3) is 0.750. The van der Waals surface area contributed by atoms with E-state index in [2.05, 4.69) is 5.32 Å². The van der Waals surface area contributed by atoms with Crippen LogP contribution in [0, 0.1) is 5.41 Å². The monoisotopic (exact) mass is 254 g/mol. The van der Waals surface area contributed by atoms with Gasteiger partial charge in [0.05, 0.1) is 11.5 Å². The van der Waals surface area contributed by atoms with Gasteiger partial charge < -0.3 is 15.3 Å². The number of likely N-dealkylation sites (tertiary alicyclic amines) is 1. The van der Waals surface area contributed by atoms with Crippen molar-refractivity contribution >= 4 is 17.8 Å². The summed E-state index contributed by atoms with van der Waals surface area (Å²) in [7, 11) is 1.69. The van der Waals surface area contributed by atoms with Crippen molar-refractivity contribution in [3.05, 3.63) is 0 Å². The molecule has 1 heterocycles. The van der Waals surface area contributed by atoms with Crippen molar-refractivity contribution < 1.29 is 19.5 Å². The maximum Gasteiger partial charge on any atom is 0.310 e. The summed E-state index contributed by atoms with van der Waals surface area (Å²) in [4.78, 5) is 35.8. The van der Waals surface area contributed by atoms with E-state index in [-0.39, 0.29) is 24.3 Å². The van der Waals surface area contributed by atoms with E-state index < -0.39 is 11.4 Å². The second kappa shape index (κ2) is 4.59. The van der Waals surface area contributed by atoms with E-state index in [1.807, 2.05) is 0 Å². The Hall–Kier alpha value is -1.59. The van der Waals surface area contributed by atoms with Crippen molar-refractivity contribution in [2.75, 3.05) is 13.6 Å². The van der Waals surface area contributed by atoms with E-state index >= 15 is 0 Å². The van der Waals surface area contributed by atoms with Gasteiger partial charge in [-0.1, -0.05) is 6.42 Å². The first-order valence-electron chi connectivity index (χ1n) is 6.20. The molecular formula is C12H18N2O4. The maximum atomic E-state index is 11.8. The number of nitrogens with zero attached hydrogens (tertiary/aromatic N) is 1. The van der Waals surface area contributed by atoms with Gasteiger partial charge in [-0.15, -0.1) is 0 Å². The summed E-state index contributed by atoms with van der Waals surface area (Å²) in [5.74, 6) is -1.13. The normalized spacial score (nSPS) is 25.7. The SMILES string of the molecule is CN1CC(NC(=O)CC2(C(=O)O)CCC2)CC1=O. The first kappa shape index (κ1) is 12.9. The molecule has 1 aliphatic heterocycles. The molecule has 0 aromatic carbocycles. The van der Waals surface area contributed by atoms with E-state index in [9.17, 15) is 14.4 Å². The molecule has 0 spiro atoms. The molecule has 6 nitrogen and oxygen atoms in total. The molecule has 0 aromatic rings. The molecule has 2 amide bonds. The van der Waals surface area contributed by atoms with Gasteiger partial charge in [0.2, 0.25) is 11.8 Å². The maximum absolute atomic E-state index is 11.8. The van der Waals surface area contributed by atoms with Crippen LogP contribution in [0.1, 0.15) is 32.1 Å². The highest BCUT2D eigenvalue weighted by Crippen LogP contribution is 2.44. The van der Waals surface area contributed by atoms with Gasteiger partial charge in [-0.2, -0.15) is 0 Å². The van der Waals surface area contributed by atoms with Crippen LogP contribution in [-0.2, 0) is 14.4 Å². The quantitative estimate of drug-likeness (QED) is 0.738. The largest absolute Gasteiger partial charge is 0.481 e. The number of rotatable bonds is 4. The van der Waals surface area contributed by atoms with Crippen LogP contribution in [0.2, 0.25) is 0 Å². The highest BCUT2D eigenvalue weighted by atomic mass is 16.4. The van der Waals surface area contributed by atoms with Crippen LogP contribution in [-0.4, -0.2) is 47.4 Å². The van der Waals surface area contributed by atoms with E-state index in [1.165, 1.54) is 0 Å². The Morgan fingerprint density at radius 2 is 2.17 bits per heavy atom. The lowest BCUT2D eigenvalue weighted by Gasteiger charge is -2.37. The molecule has 6 heteroatoms. The zero-order valence-corrected chi connectivity index (χ0v) is 10.4. The van der Waals surface area contributed by atoms with Crippen molar-refractivity contribution in [2.24, 2.45) is 5.41 Å². The van der Waals surface area contributed by atoms with Crippen molar-refractivity contribution in [1.29, 1.82) is 0 Å². The number of aliphatic carboxylic acids is 1. The Balaban J connectivity index is 1.86. The zero-order chi connectivity index (χ0) is 13.3. The van der Waals surface area contributed by atoms with Gasteiger partial charge in [-0.3, -0.25) is 14.4 Å². The summed E-state index contributed by atoms with van der Waals surface area (Å²) in [5.41, 5.74) is -0.863. The molecule has 0 aromatic heterocycles. The Kier molecular flexibility index (Phi) is 3.28. The summed E-state index contributed by atoms with van der Waals surface area (Å²) in [6.45, 7) is 0.505. The summed E-state index contributed by atoms with van der Waals surface area (Å²) in [5, 5.41) is 11.9. The lowest BCUT2D eigenvalue weighted by molar-refractivity contribution is -0.157. The number of hydrogen-bond donors (Lipinski definition) is 2. The predicted octanol–water partition coefficient (Wildman–Crippen LogP) is -0.0217. The average molecular weight is 254 g/mol. The van der Waals surface area contributed by atoms with Gasteiger partial charge in [-0.05, 0) is 12.8 Å². The molecule has 1 atom stereocenters. The van der Waals surface area contributed by atoms with Crippen molar-refractivity contribution in [2.45, 2.75) is 38.1 Å². The minimum atomic E-state index is -0.886. The van der Waals surface area contributed by atoms with Crippen LogP contribution in [0.3, 0.4) is 0 Å². The smallest absolute Gasteiger partial charge is 0.310 e. The predicted molar refractivity (Wildman–Crippen MR) is 62.7 cm³/mol. The van der Waals surface area contributed by atoms with Crippen molar-refractivity contribution in [3.8, 4) is 0 Å². The highest BCUT2D eigenvalue weighted by Gasteiger charge is 2.46. The third-order valence-corrected chi connectivity index (χ3v) is 3.97. The molecule has 2 N–H and O–H groups in total. The number of likely N-dealkylation sites (N-methyl/N-ethyl adjacent to an activating group) is 1. The molecule has 2 fully saturated rings. The third kappa shape index (κ3) is 2.32. The third-order valence-electron chi connectivity index (χ3n) is 3.97. The molecule has 1 saturated carbocycles. The Bertz CT molecular complexity index is 390. The van der Waals surface area contributed by atoms with E-state index in [4.69, 9.17) is 5.11 Å². The van der Waals surface area contributed by atoms with Gasteiger partial charge in [0.25, 0.3) is 0 Å². The van der Waals surface area contributed by atoms with Gasteiger partial charge in [0, 0.05) is 26.4 Å². The van der Waals surface area contributed by atoms with Crippen molar-refractivity contribution in [3.63, 3.8) is 0 Å². The summed E-state index contributed by atoms with van der Waals surface area (Å²) < 4.78 is 0. The molecule has 0 bridgehead atoms. The molecule has 2 aliphatic rings. The first-order valence-corrected chi connectivity index (χ1v) is 6.20. The van der Waals surface area contributed by atoms with Crippen molar-refractivity contribution in [1.82, 2.24) is 10.2 Å². The van der Waals surface area contributed by atoms with E-state index in [1.54, 1.807) is 11.9 Å². The van der Waals surface area contributed by atoms with Gasteiger partial charge in [0.15, 0.2) is 0 Å². The van der Waals surface area contributed by atoms with Gasteiger partial charge in [0.1, 0.15) is 0 Å². The molecule has 1 unspecified atom stereocenters. The second-order valence-corrected chi connectivity index (χ2v) is 5.36. The first-order chi connectivity index (χ1) is 8.43. The molecule has 2 rings (SSSR count). The minimum Gasteiger partial charge on any atom is -0.481 e. The molecular weight excluding hydrogens is 236 g/mol. The number of nitrogens with one attached hydrogen (secondary N) is 1. The number of carbonyl (C=O) groups is 3. The summed E-state index contributed by atoms with van der Waals surface area (Å²) in [6.07, 6.45) is 2.34. The summed E-state index contributed by atoms with van der Waals surface area (Å²) in [6, 6.07) is -0.180. The Morgan fingerprint density at radius 1 is 1.50 bits per heavy atom. The topological polar surface area (TPSA) is 86.7 Å². The standard InChI is InChI=1S/C12H18N2O4/c1-14-7-8(5-10(14)16)13-9(15)6-12(11(17)18)3-2-4-12/h8H,2-7H2,1H3,(H,13,15)(H,17,18). The fourth-order valence-electron chi connectivity index (χ4n) is 2.62. The lowest BCUT2D eigenvalue weighted by Crippen LogP contribution is -2.45. The summed E-state index contributed by atoms with van der Waals surface area (Å²) >= 11 is 0. The second-order valence-electron chi connectivity index (χ2n) is 5.36. The van der Waals surface area contributed by atoms with Crippen LogP contribution in [0.15, 0.2) is 0 Å². The molecule has 100 valence electrons. The van der Waals surface area contributed by atoms with Gasteiger partial charge in [-0.25, -0.2) is 0 Å². The molecule has 0 radical (unpaired) electrons. The number of carboxylic acids is 1. The van der Waals surface area contributed by atoms with Gasteiger partial charge >= 0.3 is 5.97 Å². The van der Waals surface area contributed by atoms with Crippen LogP contribution in [0.25, 0.3) is 0 Å². The Labute approximate surface area is 105 Å². The molecule has 18 heavy (non-hydrogen) atoms.